The van der Waals surface area contributed by atoms with Crippen LogP contribution in [0.2, 0.25) is 0 Å². The highest BCUT2D eigenvalue weighted by atomic mass is 19.4. The maximum atomic E-state index is 12.5. The van der Waals surface area contributed by atoms with Crippen LogP contribution in [-0.4, -0.2) is 80.4 Å². The lowest BCUT2D eigenvalue weighted by molar-refractivity contribution is -0.757. The maximum Gasteiger partial charge on any atom is 0.416 e. The van der Waals surface area contributed by atoms with Crippen LogP contribution in [-0.2, 0) is 20.5 Å². The Balaban J connectivity index is 0.000000737. The summed E-state index contributed by atoms with van der Waals surface area (Å²) in [7, 11) is 0. The van der Waals surface area contributed by atoms with Gasteiger partial charge in [0.25, 0.3) is 11.6 Å². The zero-order valence-electron chi connectivity index (χ0n) is 28.2. The van der Waals surface area contributed by atoms with E-state index in [2.05, 4.69) is 71.4 Å². The van der Waals surface area contributed by atoms with Crippen molar-refractivity contribution >= 4 is 6.47 Å². The smallest absolute Gasteiger partial charge is 0.416 e. The Kier molecular flexibility index (Phi) is 26.2. The van der Waals surface area contributed by atoms with Crippen LogP contribution in [0.15, 0.2) is 48.6 Å². The molecule has 1 aromatic carbocycles. The van der Waals surface area contributed by atoms with Crippen molar-refractivity contribution in [2.24, 2.45) is 5.92 Å². The molecule has 0 spiro atoms. The molecular weight excluding hydrogens is 603 g/mol. The molecule has 1 atom stereocenters. The van der Waals surface area contributed by atoms with E-state index >= 15 is 0 Å². The van der Waals surface area contributed by atoms with E-state index in [9.17, 15) is 28.1 Å². The number of allylic oxidation sites excluding steroid dienone is 3. The van der Waals surface area contributed by atoms with Crippen LogP contribution in [0.4, 0.5) is 13.2 Å². The predicted molar refractivity (Wildman–Crippen MR) is 176 cm³/mol. The van der Waals surface area contributed by atoms with Gasteiger partial charge in [-0.05, 0) is 63.1 Å². The highest BCUT2D eigenvalue weighted by Gasteiger charge is 2.30. The van der Waals surface area contributed by atoms with Gasteiger partial charge in [-0.1, -0.05) is 70.4 Å². The molecule has 1 saturated heterocycles. The molecule has 1 fully saturated rings. The van der Waals surface area contributed by atoms with Crippen LogP contribution in [0.1, 0.15) is 84.6 Å². The lowest BCUT2D eigenvalue weighted by Crippen LogP contribution is -2.47. The third-order valence-electron chi connectivity index (χ3n) is 7.14. The topological polar surface area (TPSA) is 94.4 Å². The van der Waals surface area contributed by atoms with Crippen LogP contribution in [0.5, 0.6) is 5.75 Å². The summed E-state index contributed by atoms with van der Waals surface area (Å²) in [6, 6.07) is 4.99. The minimum absolute atomic E-state index is 0.153. The van der Waals surface area contributed by atoms with Gasteiger partial charge in [0.05, 0.1) is 18.8 Å². The Morgan fingerprint density at radius 3 is 2.22 bits per heavy atom. The third kappa shape index (κ3) is 24.2. The molecule has 0 aromatic heterocycles. The monoisotopic (exact) mass is 659 g/mol. The van der Waals surface area contributed by atoms with E-state index in [4.69, 9.17) is 4.74 Å². The van der Waals surface area contributed by atoms with Gasteiger partial charge in [0, 0.05) is 39.3 Å². The summed E-state index contributed by atoms with van der Waals surface area (Å²) in [6.07, 6.45) is 12.9. The second-order valence-electron chi connectivity index (χ2n) is 10.8. The third-order valence-corrected chi connectivity index (χ3v) is 7.14. The number of piperazine rings is 1. The van der Waals surface area contributed by atoms with Gasteiger partial charge in [-0.2, -0.15) is 13.2 Å². The van der Waals surface area contributed by atoms with E-state index in [-0.39, 0.29) is 12.4 Å². The molecule has 1 aromatic rings. The average Bonchev–Trinajstić information content (AvgIpc) is 3.04. The molecule has 0 bridgehead atoms. The van der Waals surface area contributed by atoms with Gasteiger partial charge in [0.2, 0.25) is 0 Å². The molecule has 12 heteroatoms. The molecule has 0 aliphatic carbocycles. The Morgan fingerprint density at radius 1 is 0.957 bits per heavy atom. The highest BCUT2D eigenvalue weighted by molar-refractivity contribution is 5.36. The summed E-state index contributed by atoms with van der Waals surface area (Å²) in [4.78, 5) is 28.7. The Labute approximate surface area is 273 Å². The van der Waals surface area contributed by atoms with Gasteiger partial charge >= 0.3 is 6.18 Å². The predicted octanol–water partition coefficient (Wildman–Crippen LogP) is 7.98. The number of rotatable bonds is 20. The van der Waals surface area contributed by atoms with Crippen molar-refractivity contribution in [3.8, 4) is 5.75 Å². The van der Waals surface area contributed by atoms with Crippen LogP contribution >= 0.6 is 0 Å². The molecule has 1 heterocycles. The fraction of sp³-hybridized carbons (Fsp3) is 0.676. The van der Waals surface area contributed by atoms with Crippen LogP contribution in [0.3, 0.4) is 0 Å². The van der Waals surface area contributed by atoms with Crippen molar-refractivity contribution < 1.29 is 37.4 Å². The second kappa shape index (κ2) is 28.1. The lowest BCUT2D eigenvalue weighted by Gasteiger charge is -2.34. The zero-order valence-corrected chi connectivity index (χ0v) is 28.2. The fourth-order valence-corrected chi connectivity index (χ4v) is 4.49. The molecule has 0 radical (unpaired) electrons. The molecule has 1 aliphatic heterocycles. The summed E-state index contributed by atoms with van der Waals surface area (Å²) in [5.41, 5.74) is -0.676. The number of unbranched alkanes of at least 4 members (excludes halogenated alkanes) is 2. The first-order chi connectivity index (χ1) is 22.1. The molecule has 0 saturated carbocycles. The van der Waals surface area contributed by atoms with Gasteiger partial charge in [-0.15, -0.1) is 10.1 Å². The summed E-state index contributed by atoms with van der Waals surface area (Å²) in [6.45, 7) is 15.3. The first kappa shape index (κ1) is 42.9. The van der Waals surface area contributed by atoms with Crippen molar-refractivity contribution in [2.75, 3.05) is 59.1 Å². The molecule has 0 N–H and O–H groups in total. The number of ether oxygens (including phenoxy) is 2. The fourth-order valence-electron chi connectivity index (χ4n) is 4.49. The van der Waals surface area contributed by atoms with E-state index < -0.39 is 16.8 Å². The molecular formula is C34H56F3N3O6. The Hall–Kier alpha value is -3.12. The summed E-state index contributed by atoms with van der Waals surface area (Å²) in [5, 5.41) is 9.19. The zero-order chi connectivity index (χ0) is 34.5. The van der Waals surface area contributed by atoms with E-state index in [1.54, 1.807) is 6.07 Å². The minimum atomic E-state index is -4.33. The standard InChI is InChI=1S/C17H23F3O.C10H19N3O5.C7H14/c1-3-8-14(4-2)9-5-6-12-21-16-11-7-10-15(13-16)17(18,19)20;14-10-17-9-7-12-5-3-11(4-6-12)2-1-8-18-13(15)16;1-3-5-7-6-4-2/h5,7,9-11,13-14H,3-4,6,8,12H2,1-2H3;10H,1-9H2;3,5H,4,6-7H2,1-2H3/b9-5+;;. The van der Waals surface area contributed by atoms with Crippen molar-refractivity contribution in [1.29, 1.82) is 0 Å². The maximum absolute atomic E-state index is 12.5. The number of benzene rings is 1. The summed E-state index contributed by atoms with van der Waals surface area (Å²) >= 11 is 0. The number of hydrogen-bond acceptors (Lipinski definition) is 8. The molecule has 264 valence electrons. The van der Waals surface area contributed by atoms with Gasteiger partial charge in [-0.3, -0.25) is 9.69 Å². The summed E-state index contributed by atoms with van der Waals surface area (Å²) in [5.74, 6) is 0.849. The van der Waals surface area contributed by atoms with Crippen LogP contribution < -0.4 is 4.74 Å². The van der Waals surface area contributed by atoms with E-state index in [1.165, 1.54) is 31.7 Å². The van der Waals surface area contributed by atoms with Gasteiger partial charge in [0.15, 0.2) is 0 Å². The Morgan fingerprint density at radius 2 is 1.65 bits per heavy atom. The largest absolute Gasteiger partial charge is 0.493 e. The molecule has 2 rings (SSSR count). The van der Waals surface area contributed by atoms with Crippen molar-refractivity contribution in [1.82, 2.24) is 9.80 Å². The average molecular weight is 660 g/mol. The number of carbonyl (C=O) groups excluding carboxylic acids is 1. The van der Waals surface area contributed by atoms with Crippen molar-refractivity contribution in [3.63, 3.8) is 0 Å². The summed E-state index contributed by atoms with van der Waals surface area (Å²) < 4.78 is 47.6. The first-order valence-corrected chi connectivity index (χ1v) is 16.5. The normalized spacial score (nSPS) is 14.6. The number of alkyl halides is 3. The number of nitrogens with zero attached hydrogens (tertiary/aromatic N) is 3. The van der Waals surface area contributed by atoms with Crippen molar-refractivity contribution in [2.45, 2.75) is 85.2 Å². The van der Waals surface area contributed by atoms with Gasteiger partial charge in [-0.25, -0.2) is 0 Å². The molecule has 1 unspecified atom stereocenters. The SMILES string of the molecule is CC=CCCCC.CCCC(/C=C/CCOc1cccc(C(F)(F)F)c1)CC.O=COCCN1CCN(CCCO[N+](=O)[O-])CC1. The van der Waals surface area contributed by atoms with E-state index in [0.29, 0.717) is 38.4 Å². The minimum Gasteiger partial charge on any atom is -0.493 e. The molecule has 1 aliphatic rings. The second-order valence-corrected chi connectivity index (χ2v) is 10.8. The quantitative estimate of drug-likeness (QED) is 0.0457. The lowest BCUT2D eigenvalue weighted by atomic mass is 10.0. The molecule has 9 nitrogen and oxygen atoms in total. The molecule has 46 heavy (non-hydrogen) atoms. The number of carbonyl (C=O) groups is 1. The van der Waals surface area contributed by atoms with Gasteiger partial charge in [0.1, 0.15) is 12.4 Å². The highest BCUT2D eigenvalue weighted by Crippen LogP contribution is 2.31. The van der Waals surface area contributed by atoms with Crippen LogP contribution in [0, 0.1) is 16.0 Å². The number of hydrogen-bond donors (Lipinski definition) is 0. The Bertz CT molecular complexity index is 954. The van der Waals surface area contributed by atoms with Gasteiger partial charge < -0.3 is 19.2 Å². The van der Waals surface area contributed by atoms with Crippen LogP contribution in [0.25, 0.3) is 0 Å². The van der Waals surface area contributed by atoms with E-state index in [0.717, 1.165) is 64.2 Å². The van der Waals surface area contributed by atoms with E-state index in [1.807, 2.05) is 0 Å². The first-order valence-electron chi connectivity index (χ1n) is 16.5. The van der Waals surface area contributed by atoms with Crippen molar-refractivity contribution in [3.05, 3.63) is 64.2 Å². The number of halogens is 3. The molecule has 0 amide bonds.